The molecule has 0 saturated heterocycles. The van der Waals surface area contributed by atoms with E-state index in [4.69, 9.17) is 4.74 Å². The maximum absolute atomic E-state index is 9.92. The van der Waals surface area contributed by atoms with Crippen molar-refractivity contribution in [2.45, 2.75) is 59.2 Å². The van der Waals surface area contributed by atoms with E-state index in [2.05, 4.69) is 51.2 Å². The Morgan fingerprint density at radius 1 is 1.29 bits per heavy atom. The fourth-order valence-electron chi connectivity index (χ4n) is 3.29. The molecule has 2 atom stereocenters. The molecule has 0 bridgehead atoms. The SMILES string of the molecule is CCO[C@H]1C[C@](CO)(NCc2ccc(C)c(C)c2)C1(C)C. The van der Waals surface area contributed by atoms with E-state index in [-0.39, 0.29) is 23.7 Å². The van der Waals surface area contributed by atoms with Gasteiger partial charge in [0.05, 0.1) is 18.2 Å². The Labute approximate surface area is 128 Å². The molecular weight excluding hydrogens is 262 g/mol. The van der Waals surface area contributed by atoms with Crippen LogP contribution in [0.4, 0.5) is 0 Å². The largest absolute Gasteiger partial charge is 0.394 e. The fraction of sp³-hybridized carbons (Fsp3) is 0.667. The van der Waals surface area contributed by atoms with Crippen molar-refractivity contribution >= 4 is 0 Å². The van der Waals surface area contributed by atoms with E-state index >= 15 is 0 Å². The lowest BCUT2D eigenvalue weighted by Gasteiger charge is -2.60. The minimum atomic E-state index is -0.244. The van der Waals surface area contributed by atoms with Crippen molar-refractivity contribution in [3.63, 3.8) is 0 Å². The van der Waals surface area contributed by atoms with Crippen LogP contribution < -0.4 is 5.32 Å². The van der Waals surface area contributed by atoms with Crippen LogP contribution in [-0.2, 0) is 11.3 Å². The lowest BCUT2D eigenvalue weighted by atomic mass is 9.54. The van der Waals surface area contributed by atoms with Crippen molar-refractivity contribution in [3.8, 4) is 0 Å². The first-order valence-corrected chi connectivity index (χ1v) is 7.90. The number of benzene rings is 1. The maximum Gasteiger partial charge on any atom is 0.0663 e. The first kappa shape index (κ1) is 16.5. The van der Waals surface area contributed by atoms with Crippen molar-refractivity contribution in [1.82, 2.24) is 5.32 Å². The highest BCUT2D eigenvalue weighted by atomic mass is 16.5. The van der Waals surface area contributed by atoms with Gasteiger partial charge in [-0.05, 0) is 43.9 Å². The molecule has 0 amide bonds. The number of ether oxygens (including phenoxy) is 1. The Bertz CT molecular complexity index is 498. The number of aryl methyl sites for hydroxylation is 2. The van der Waals surface area contributed by atoms with Crippen LogP contribution in [0.1, 0.15) is 43.9 Å². The second kappa shape index (κ2) is 6.07. The van der Waals surface area contributed by atoms with Gasteiger partial charge in [-0.15, -0.1) is 0 Å². The van der Waals surface area contributed by atoms with Gasteiger partial charge in [0.25, 0.3) is 0 Å². The number of rotatable bonds is 6. The standard InChI is InChI=1S/C18H29NO2/c1-6-21-16-10-18(12-20,17(16,4)5)19-11-15-8-7-13(2)14(3)9-15/h7-9,16,19-20H,6,10-12H2,1-5H3/t16-,18+/m0/s1. The molecule has 118 valence electrons. The van der Waals surface area contributed by atoms with Crippen LogP contribution in [0.15, 0.2) is 18.2 Å². The Morgan fingerprint density at radius 2 is 2.00 bits per heavy atom. The molecule has 1 aliphatic carbocycles. The third-order valence-corrected chi connectivity index (χ3v) is 5.41. The van der Waals surface area contributed by atoms with Crippen LogP contribution in [0.2, 0.25) is 0 Å². The first-order chi connectivity index (χ1) is 9.86. The monoisotopic (exact) mass is 291 g/mol. The van der Waals surface area contributed by atoms with Gasteiger partial charge in [0, 0.05) is 18.6 Å². The van der Waals surface area contributed by atoms with Crippen LogP contribution >= 0.6 is 0 Å². The lowest BCUT2D eigenvalue weighted by Crippen LogP contribution is -2.73. The number of hydrogen-bond donors (Lipinski definition) is 2. The van der Waals surface area contributed by atoms with Gasteiger partial charge in [-0.2, -0.15) is 0 Å². The summed E-state index contributed by atoms with van der Waals surface area (Å²) in [6, 6.07) is 6.54. The molecule has 0 aromatic heterocycles. The lowest BCUT2D eigenvalue weighted by molar-refractivity contribution is -0.177. The summed E-state index contributed by atoms with van der Waals surface area (Å²) < 4.78 is 5.79. The van der Waals surface area contributed by atoms with E-state index in [1.54, 1.807) is 0 Å². The second-order valence-electron chi connectivity index (χ2n) is 6.88. The summed E-state index contributed by atoms with van der Waals surface area (Å²) in [6.45, 7) is 12.3. The predicted molar refractivity (Wildman–Crippen MR) is 86.4 cm³/mol. The summed E-state index contributed by atoms with van der Waals surface area (Å²) in [5.74, 6) is 0. The van der Waals surface area contributed by atoms with Gasteiger partial charge in [-0.1, -0.05) is 32.0 Å². The highest BCUT2D eigenvalue weighted by molar-refractivity contribution is 5.30. The van der Waals surface area contributed by atoms with Crippen molar-refractivity contribution in [1.29, 1.82) is 0 Å². The summed E-state index contributed by atoms with van der Waals surface area (Å²) in [4.78, 5) is 0. The number of aliphatic hydroxyl groups excluding tert-OH is 1. The van der Waals surface area contributed by atoms with E-state index in [1.165, 1.54) is 16.7 Å². The van der Waals surface area contributed by atoms with Gasteiger partial charge >= 0.3 is 0 Å². The predicted octanol–water partition coefficient (Wildman–Crippen LogP) is 2.96. The molecule has 2 N–H and O–H groups in total. The molecule has 21 heavy (non-hydrogen) atoms. The zero-order valence-corrected chi connectivity index (χ0v) is 14.0. The quantitative estimate of drug-likeness (QED) is 0.846. The molecule has 0 aliphatic heterocycles. The molecule has 0 spiro atoms. The van der Waals surface area contributed by atoms with Crippen LogP contribution in [0, 0.1) is 19.3 Å². The molecule has 3 nitrogen and oxygen atoms in total. The van der Waals surface area contributed by atoms with E-state index in [1.807, 2.05) is 6.92 Å². The molecule has 1 aromatic rings. The van der Waals surface area contributed by atoms with E-state index in [9.17, 15) is 5.11 Å². The molecule has 1 aliphatic rings. The Balaban J connectivity index is 2.05. The van der Waals surface area contributed by atoms with E-state index in [0.717, 1.165) is 19.6 Å². The highest BCUT2D eigenvalue weighted by Crippen LogP contribution is 2.51. The molecule has 0 heterocycles. The molecule has 3 heteroatoms. The van der Waals surface area contributed by atoms with Gasteiger partial charge in [-0.25, -0.2) is 0 Å². The van der Waals surface area contributed by atoms with E-state index in [0.29, 0.717) is 0 Å². The van der Waals surface area contributed by atoms with Gasteiger partial charge in [-0.3, -0.25) is 0 Å². The minimum absolute atomic E-state index is 0.0580. The number of hydrogen-bond acceptors (Lipinski definition) is 3. The summed E-state index contributed by atoms with van der Waals surface area (Å²) in [5, 5.41) is 13.5. The number of nitrogens with one attached hydrogen (secondary N) is 1. The first-order valence-electron chi connectivity index (χ1n) is 7.90. The maximum atomic E-state index is 9.92. The van der Waals surface area contributed by atoms with Crippen LogP contribution in [0.25, 0.3) is 0 Å². The van der Waals surface area contributed by atoms with Gasteiger partial charge in [0.2, 0.25) is 0 Å². The fourth-order valence-corrected chi connectivity index (χ4v) is 3.29. The summed E-state index contributed by atoms with van der Waals surface area (Å²) >= 11 is 0. The third-order valence-electron chi connectivity index (χ3n) is 5.41. The van der Waals surface area contributed by atoms with Crippen LogP contribution in [-0.4, -0.2) is 30.0 Å². The smallest absolute Gasteiger partial charge is 0.0663 e. The minimum Gasteiger partial charge on any atom is -0.394 e. The average molecular weight is 291 g/mol. The van der Waals surface area contributed by atoms with E-state index < -0.39 is 0 Å². The second-order valence-corrected chi connectivity index (χ2v) is 6.88. The summed E-state index contributed by atoms with van der Waals surface area (Å²) in [5.41, 5.74) is 3.59. The van der Waals surface area contributed by atoms with Gasteiger partial charge in [0.15, 0.2) is 0 Å². The molecule has 1 aromatic carbocycles. The summed E-state index contributed by atoms with van der Waals surface area (Å²) in [7, 11) is 0. The molecule has 0 radical (unpaired) electrons. The van der Waals surface area contributed by atoms with Crippen LogP contribution in [0.5, 0.6) is 0 Å². The van der Waals surface area contributed by atoms with Gasteiger partial charge in [0.1, 0.15) is 0 Å². The normalized spacial score (nSPS) is 27.4. The van der Waals surface area contributed by atoms with Crippen molar-refractivity contribution < 1.29 is 9.84 Å². The van der Waals surface area contributed by atoms with Gasteiger partial charge < -0.3 is 15.2 Å². The van der Waals surface area contributed by atoms with Crippen molar-refractivity contribution in [3.05, 3.63) is 34.9 Å². The molecule has 1 saturated carbocycles. The zero-order valence-electron chi connectivity index (χ0n) is 14.0. The number of aliphatic hydroxyl groups is 1. The van der Waals surface area contributed by atoms with Crippen molar-refractivity contribution in [2.75, 3.05) is 13.2 Å². The molecular formula is C18H29NO2. The Morgan fingerprint density at radius 3 is 2.52 bits per heavy atom. The molecule has 0 unspecified atom stereocenters. The van der Waals surface area contributed by atoms with Crippen LogP contribution in [0.3, 0.4) is 0 Å². The molecule has 1 fully saturated rings. The Kier molecular flexibility index (Phi) is 4.76. The summed E-state index contributed by atoms with van der Waals surface area (Å²) in [6.07, 6.45) is 1.09. The van der Waals surface area contributed by atoms with Crippen molar-refractivity contribution in [2.24, 2.45) is 5.41 Å². The highest BCUT2D eigenvalue weighted by Gasteiger charge is 2.60. The Hall–Kier alpha value is -0.900. The topological polar surface area (TPSA) is 41.5 Å². The third kappa shape index (κ3) is 2.87. The average Bonchev–Trinajstić information content (AvgIpc) is 2.45. The zero-order chi connectivity index (χ0) is 15.7. The molecule has 2 rings (SSSR count).